The molecule has 0 aromatic heterocycles. The van der Waals surface area contributed by atoms with Gasteiger partial charge in [0, 0.05) is 27.2 Å². The molecule has 0 aliphatic rings. The fraction of sp³-hybridized carbons (Fsp3) is 0.615. The molecule has 0 aromatic carbocycles. The average molecular weight is 631 g/mol. The highest BCUT2D eigenvalue weighted by atomic mass is 16.5. The van der Waals surface area contributed by atoms with Crippen LogP contribution in [0.15, 0.2) is 71.0 Å². The molecular weight excluding hydrogens is 564 g/mol. The van der Waals surface area contributed by atoms with Gasteiger partial charge in [0.1, 0.15) is 17.3 Å². The Bertz CT molecular complexity index is 970. The van der Waals surface area contributed by atoms with Crippen molar-refractivity contribution in [2.24, 2.45) is 17.8 Å². The fourth-order valence-corrected chi connectivity index (χ4v) is 4.15. The topological polar surface area (TPSA) is 78.9 Å². The van der Waals surface area contributed by atoms with Gasteiger partial charge >= 0.3 is 17.9 Å². The van der Waals surface area contributed by atoms with Gasteiger partial charge in [0.15, 0.2) is 0 Å². The zero-order valence-corrected chi connectivity index (χ0v) is 31.2. The average Bonchev–Trinajstić information content (AvgIpc) is 2.82. The molecule has 0 fully saturated rings. The van der Waals surface area contributed by atoms with E-state index in [4.69, 9.17) is 14.2 Å². The monoisotopic (exact) mass is 630 g/mol. The molecule has 0 radical (unpaired) electrons. The molecule has 0 heterocycles. The minimum Gasteiger partial charge on any atom is -0.432 e. The predicted molar refractivity (Wildman–Crippen MR) is 190 cm³/mol. The largest absolute Gasteiger partial charge is 0.432 e. The smallest absolute Gasteiger partial charge is 0.307 e. The van der Waals surface area contributed by atoms with Crippen LogP contribution in [0.3, 0.4) is 0 Å². The van der Waals surface area contributed by atoms with Gasteiger partial charge < -0.3 is 14.2 Å². The first kappa shape index (κ1) is 46.3. The van der Waals surface area contributed by atoms with E-state index in [1.165, 1.54) is 37.5 Å². The van der Waals surface area contributed by atoms with E-state index in [2.05, 4.69) is 87.1 Å². The van der Waals surface area contributed by atoms with E-state index in [1.807, 2.05) is 26.0 Å². The van der Waals surface area contributed by atoms with Crippen molar-refractivity contribution >= 4 is 17.9 Å². The Morgan fingerprint density at radius 1 is 0.533 bits per heavy atom. The van der Waals surface area contributed by atoms with Gasteiger partial charge in [-0.2, -0.15) is 0 Å². The minimum absolute atomic E-state index is 0.250. The SMILES string of the molecule is C=C(C[C@@H](C)CCC=C(C)C)OC(C)=O.CC(=O)O/C(C)=C/[C@@H](C)CCC=C(C)C.CC(=O)O/C(C)=C\[C@@H](C)CCC=C(C)C. The van der Waals surface area contributed by atoms with Gasteiger partial charge in [0.25, 0.3) is 0 Å². The molecule has 0 N–H and O–H groups in total. The van der Waals surface area contributed by atoms with E-state index in [-0.39, 0.29) is 17.9 Å². The van der Waals surface area contributed by atoms with Gasteiger partial charge in [-0.1, -0.05) is 62.3 Å². The standard InChI is InChI=1S/3C13H22O2/c3*1-10(2)7-6-8-11(3)9-12(4)15-13(5)14/h2*7,9,11H,6,8H2,1-5H3;7,11H,4,6,8-9H2,1-3,5H3/b12-9+;12-9-;/t3*11-/m000/s1. The van der Waals surface area contributed by atoms with Crippen molar-refractivity contribution in [2.45, 2.75) is 142 Å². The molecule has 0 aliphatic heterocycles. The Hall–Kier alpha value is -3.15. The lowest BCUT2D eigenvalue weighted by Gasteiger charge is -2.11. The van der Waals surface area contributed by atoms with E-state index in [0.29, 0.717) is 35.0 Å². The molecule has 3 atom stereocenters. The zero-order valence-electron chi connectivity index (χ0n) is 31.2. The maximum Gasteiger partial charge on any atom is 0.307 e. The molecule has 0 saturated heterocycles. The number of allylic oxidation sites excluding steroid dienone is 11. The van der Waals surface area contributed by atoms with Gasteiger partial charge in [0.2, 0.25) is 0 Å². The third-order valence-corrected chi connectivity index (χ3v) is 6.07. The number of rotatable bonds is 16. The Morgan fingerprint density at radius 3 is 1.13 bits per heavy atom. The molecule has 0 saturated carbocycles. The Morgan fingerprint density at radius 2 is 0.844 bits per heavy atom. The predicted octanol–water partition coefficient (Wildman–Crippen LogP) is 11.5. The lowest BCUT2D eigenvalue weighted by Crippen LogP contribution is -2.02. The van der Waals surface area contributed by atoms with Crippen molar-refractivity contribution in [3.05, 3.63) is 71.0 Å². The molecule has 6 nitrogen and oxygen atoms in total. The van der Waals surface area contributed by atoms with Crippen LogP contribution in [0.2, 0.25) is 0 Å². The van der Waals surface area contributed by atoms with E-state index in [0.717, 1.165) is 44.9 Å². The second-order valence-corrected chi connectivity index (χ2v) is 12.7. The van der Waals surface area contributed by atoms with Crippen molar-refractivity contribution in [3.8, 4) is 0 Å². The Labute approximate surface area is 276 Å². The molecule has 0 amide bonds. The summed E-state index contributed by atoms with van der Waals surface area (Å²) >= 11 is 0. The third-order valence-electron chi connectivity index (χ3n) is 6.07. The fourth-order valence-electron chi connectivity index (χ4n) is 4.15. The lowest BCUT2D eigenvalue weighted by atomic mass is 10.0. The molecule has 0 unspecified atom stereocenters. The summed E-state index contributed by atoms with van der Waals surface area (Å²) < 4.78 is 14.8. The molecule has 0 aliphatic carbocycles. The van der Waals surface area contributed by atoms with Crippen LogP contribution < -0.4 is 0 Å². The molecule has 0 spiro atoms. The third kappa shape index (κ3) is 40.9. The summed E-state index contributed by atoms with van der Waals surface area (Å²) in [6, 6.07) is 0. The van der Waals surface area contributed by atoms with Crippen LogP contribution in [0.5, 0.6) is 0 Å². The van der Waals surface area contributed by atoms with Crippen molar-refractivity contribution in [2.75, 3.05) is 0 Å². The Balaban J connectivity index is -0.000000588. The van der Waals surface area contributed by atoms with Crippen LogP contribution in [-0.2, 0) is 28.6 Å². The van der Waals surface area contributed by atoms with E-state index < -0.39 is 0 Å². The number of esters is 3. The summed E-state index contributed by atoms with van der Waals surface area (Å²) in [5, 5.41) is 0. The van der Waals surface area contributed by atoms with Crippen molar-refractivity contribution < 1.29 is 28.6 Å². The van der Waals surface area contributed by atoms with Crippen molar-refractivity contribution in [3.63, 3.8) is 0 Å². The molecule has 0 aromatic rings. The van der Waals surface area contributed by atoms with Gasteiger partial charge in [0.05, 0.1) is 0 Å². The first-order chi connectivity index (χ1) is 20.7. The van der Waals surface area contributed by atoms with Gasteiger partial charge in [-0.25, -0.2) is 0 Å². The normalized spacial score (nSPS) is 12.8. The first-order valence-electron chi connectivity index (χ1n) is 16.2. The number of carbonyl (C=O) groups is 3. The van der Waals surface area contributed by atoms with Crippen molar-refractivity contribution in [1.82, 2.24) is 0 Å². The van der Waals surface area contributed by atoms with Gasteiger partial charge in [-0.05, 0) is 124 Å². The van der Waals surface area contributed by atoms with E-state index in [9.17, 15) is 14.4 Å². The zero-order chi connectivity index (χ0) is 35.5. The summed E-state index contributed by atoms with van der Waals surface area (Å²) in [4.78, 5) is 32.0. The first-order valence-corrected chi connectivity index (χ1v) is 16.2. The Kier molecular flexibility index (Phi) is 29.1. The molecule has 6 heteroatoms. The van der Waals surface area contributed by atoms with Gasteiger partial charge in [-0.3, -0.25) is 14.4 Å². The van der Waals surface area contributed by atoms with E-state index >= 15 is 0 Å². The minimum atomic E-state index is -0.281. The summed E-state index contributed by atoms with van der Waals surface area (Å²) in [5.41, 5.74) is 4.05. The van der Waals surface area contributed by atoms with Crippen LogP contribution in [0.25, 0.3) is 0 Å². The van der Waals surface area contributed by atoms with Crippen LogP contribution in [-0.4, -0.2) is 17.9 Å². The second-order valence-electron chi connectivity index (χ2n) is 12.7. The van der Waals surface area contributed by atoms with E-state index in [1.54, 1.807) is 0 Å². The van der Waals surface area contributed by atoms with Crippen LogP contribution in [0, 0.1) is 17.8 Å². The molecule has 45 heavy (non-hydrogen) atoms. The van der Waals surface area contributed by atoms with Gasteiger partial charge in [-0.15, -0.1) is 0 Å². The summed E-state index contributed by atoms with van der Waals surface area (Å²) in [6.45, 7) is 30.6. The molecule has 258 valence electrons. The maximum atomic E-state index is 10.7. The molecular formula is C39H66O6. The summed E-state index contributed by atoms with van der Waals surface area (Å²) in [6.07, 6.45) is 18.0. The highest BCUT2D eigenvalue weighted by Crippen LogP contribution is 2.17. The highest BCUT2D eigenvalue weighted by molar-refractivity contribution is 5.67. The van der Waals surface area contributed by atoms with Crippen LogP contribution >= 0.6 is 0 Å². The number of ether oxygens (including phenoxy) is 3. The second kappa shape index (κ2) is 28.3. The number of hydrogen-bond acceptors (Lipinski definition) is 6. The van der Waals surface area contributed by atoms with Crippen LogP contribution in [0.1, 0.15) is 142 Å². The van der Waals surface area contributed by atoms with Crippen molar-refractivity contribution in [1.29, 1.82) is 0 Å². The van der Waals surface area contributed by atoms with Crippen LogP contribution in [0.4, 0.5) is 0 Å². The maximum absolute atomic E-state index is 10.7. The molecule has 0 rings (SSSR count). The number of hydrogen-bond donors (Lipinski definition) is 0. The number of carbonyl (C=O) groups excluding carboxylic acids is 3. The quantitative estimate of drug-likeness (QED) is 0.0730. The lowest BCUT2D eigenvalue weighted by molar-refractivity contribution is -0.138. The molecule has 0 bridgehead atoms. The summed E-state index contributed by atoms with van der Waals surface area (Å²) in [5.74, 6) is 2.59. The summed E-state index contributed by atoms with van der Waals surface area (Å²) in [7, 11) is 0. The highest BCUT2D eigenvalue weighted by Gasteiger charge is 2.06.